The molecular weight excluding hydrogens is 412 g/mol. The van der Waals surface area contributed by atoms with Gasteiger partial charge >= 0.3 is 23.0 Å². The molecule has 0 amide bonds. The number of nitrogens with zero attached hydrogens (tertiary/aromatic N) is 4. The molecule has 152 valence electrons. The van der Waals surface area contributed by atoms with Crippen LogP contribution in [0.4, 0.5) is 17.6 Å². The molecule has 0 fully saturated rings. The average Bonchev–Trinajstić information content (AvgIpc) is 3.06. The first-order valence-electron chi connectivity index (χ1n) is 8.47. The van der Waals surface area contributed by atoms with Crippen LogP contribution >= 0.6 is 0 Å². The van der Waals surface area contributed by atoms with Crippen LogP contribution in [-0.2, 0) is 16.0 Å². The first-order valence-corrected chi connectivity index (χ1v) is 11.9. The molecule has 4 rings (SSSR count). The lowest BCUT2D eigenvalue weighted by Gasteiger charge is -2.37. The van der Waals surface area contributed by atoms with Crippen molar-refractivity contribution in [3.8, 4) is 11.8 Å². The van der Waals surface area contributed by atoms with E-state index in [1.807, 2.05) is 0 Å². The van der Waals surface area contributed by atoms with Gasteiger partial charge in [-0.2, -0.15) is 14.6 Å². The Balaban J connectivity index is 2.14. The summed E-state index contributed by atoms with van der Waals surface area (Å²) in [6.45, 7) is 4.31. The van der Waals surface area contributed by atoms with Crippen LogP contribution in [0.15, 0.2) is 51.6 Å². The Morgan fingerprint density at radius 3 is 1.79 bits per heavy atom. The Morgan fingerprint density at radius 2 is 1.41 bits per heavy atom. The first kappa shape index (κ1) is 19.4. The van der Waals surface area contributed by atoms with Gasteiger partial charge in [0.2, 0.25) is 11.7 Å². The zero-order valence-corrected chi connectivity index (χ0v) is 16.4. The fraction of sp³-hybridized carbons (Fsp3) is 0.353. The van der Waals surface area contributed by atoms with Gasteiger partial charge in [0.05, 0.1) is 5.69 Å². The quantitative estimate of drug-likeness (QED) is 0.557. The highest BCUT2D eigenvalue weighted by Crippen LogP contribution is 2.65. The molecule has 1 aliphatic heterocycles. The average molecular weight is 426 g/mol. The van der Waals surface area contributed by atoms with Gasteiger partial charge in [0.25, 0.3) is 5.60 Å². The Labute approximate surface area is 161 Å². The lowest BCUT2D eigenvalue weighted by molar-refractivity contribution is -0.122. The maximum Gasteiger partial charge on any atom is 0.355 e. The third-order valence-corrected chi connectivity index (χ3v) is 5.79. The summed E-state index contributed by atoms with van der Waals surface area (Å²) in [5, 5.41) is 9.65. The zero-order chi connectivity index (χ0) is 21.6. The van der Waals surface area contributed by atoms with E-state index in [1.165, 1.54) is 50.0 Å². The monoisotopic (exact) mass is 426 g/mol. The number of para-hydroxylation sites is 1. The highest BCUT2D eigenvalue weighted by Gasteiger charge is 2.88. The normalized spacial score (nSPS) is 30.6. The van der Waals surface area contributed by atoms with Crippen LogP contribution in [0, 0.1) is 11.3 Å². The van der Waals surface area contributed by atoms with Crippen molar-refractivity contribution in [1.29, 1.82) is 5.26 Å². The van der Waals surface area contributed by atoms with E-state index >= 15 is 8.78 Å². The third-order valence-electron chi connectivity index (χ3n) is 4.87. The second-order valence-electron chi connectivity index (χ2n) is 7.74. The molecule has 2 heterocycles. The molecule has 1 aromatic carbocycles. The van der Waals surface area contributed by atoms with Crippen molar-refractivity contribution < 1.29 is 22.0 Å². The molecule has 2 bridgehead atoms. The highest BCUT2D eigenvalue weighted by molar-refractivity contribution is 6.69. The van der Waals surface area contributed by atoms with Gasteiger partial charge in [-0.15, -0.1) is 0 Å². The molecule has 3 atom stereocenters. The van der Waals surface area contributed by atoms with Crippen LogP contribution < -0.4 is 11.4 Å². The number of fused-ring (bicyclic) bond motifs is 5. The molecular formula is C17H14F4N4O3Si. The number of alkyl halides is 2. The lowest BCUT2D eigenvalue weighted by Crippen LogP contribution is -2.60. The largest absolute Gasteiger partial charge is 0.392 e. The van der Waals surface area contributed by atoms with Crippen molar-refractivity contribution >= 4 is 8.32 Å². The highest BCUT2D eigenvalue weighted by atomic mass is 28.4. The molecule has 0 saturated carbocycles. The smallest absolute Gasteiger partial charge is 0.355 e. The predicted octanol–water partition coefficient (Wildman–Crippen LogP) is 2.34. The number of benzene rings is 1. The maximum atomic E-state index is 16.1. The van der Waals surface area contributed by atoms with E-state index in [0.717, 1.165) is 0 Å². The minimum Gasteiger partial charge on any atom is -0.392 e. The van der Waals surface area contributed by atoms with Gasteiger partial charge in [0.15, 0.2) is 8.32 Å². The van der Waals surface area contributed by atoms with Crippen LogP contribution in [0.25, 0.3) is 5.69 Å². The van der Waals surface area contributed by atoms with Gasteiger partial charge in [0, 0.05) is 0 Å². The summed E-state index contributed by atoms with van der Waals surface area (Å²) < 4.78 is 67.0. The van der Waals surface area contributed by atoms with E-state index in [4.69, 9.17) is 4.43 Å². The molecule has 1 aromatic heterocycles. The summed E-state index contributed by atoms with van der Waals surface area (Å²) in [4.78, 5) is 25.7. The van der Waals surface area contributed by atoms with Crippen LogP contribution in [0.2, 0.25) is 19.6 Å². The molecule has 0 radical (unpaired) electrons. The summed E-state index contributed by atoms with van der Waals surface area (Å²) in [6.07, 6.45) is 0. The summed E-state index contributed by atoms with van der Waals surface area (Å²) in [7, 11) is -3.04. The van der Waals surface area contributed by atoms with Crippen molar-refractivity contribution in [2.45, 2.75) is 36.8 Å². The number of aromatic nitrogens is 3. The molecule has 7 nitrogen and oxygen atoms in total. The van der Waals surface area contributed by atoms with Crippen molar-refractivity contribution in [3.63, 3.8) is 0 Å². The Kier molecular flexibility index (Phi) is 3.59. The van der Waals surface area contributed by atoms with E-state index in [2.05, 4.69) is 0 Å². The molecule has 2 aromatic rings. The van der Waals surface area contributed by atoms with E-state index < -0.39 is 48.5 Å². The van der Waals surface area contributed by atoms with Gasteiger partial charge in [-0.1, -0.05) is 18.2 Å². The SMILES string of the molecule is C[Si](C)(C)OC1(C#N)[C@@]2(F)C(F)=C(F)[C@]1(F)n1c(=O)n(-c3ccccc3)c(=O)n12. The van der Waals surface area contributed by atoms with Gasteiger partial charge < -0.3 is 4.43 Å². The van der Waals surface area contributed by atoms with E-state index in [-0.39, 0.29) is 15.1 Å². The molecule has 29 heavy (non-hydrogen) atoms. The predicted molar refractivity (Wildman–Crippen MR) is 94.5 cm³/mol. The number of halogens is 4. The number of hydrogen-bond donors (Lipinski definition) is 0. The van der Waals surface area contributed by atoms with E-state index in [0.29, 0.717) is 4.57 Å². The number of hydrogen-bond acceptors (Lipinski definition) is 4. The Hall–Kier alpha value is -2.91. The minimum atomic E-state index is -4.00. The van der Waals surface area contributed by atoms with E-state index in [9.17, 15) is 23.6 Å². The third kappa shape index (κ3) is 1.89. The van der Waals surface area contributed by atoms with Crippen molar-refractivity contribution in [1.82, 2.24) is 13.9 Å². The second-order valence-corrected chi connectivity index (χ2v) is 12.2. The zero-order valence-electron chi connectivity index (χ0n) is 15.4. The molecule has 2 aliphatic rings. The molecule has 0 N–H and O–H groups in total. The van der Waals surface area contributed by atoms with Gasteiger partial charge in [-0.3, -0.25) is 0 Å². The maximum absolute atomic E-state index is 16.1. The Bertz CT molecular complexity index is 1180. The van der Waals surface area contributed by atoms with Crippen LogP contribution in [-0.4, -0.2) is 27.8 Å². The first-order chi connectivity index (χ1) is 13.4. The molecule has 1 unspecified atom stereocenters. The van der Waals surface area contributed by atoms with Crippen LogP contribution in [0.1, 0.15) is 0 Å². The van der Waals surface area contributed by atoms with Gasteiger partial charge in [0.1, 0.15) is 6.07 Å². The van der Waals surface area contributed by atoms with Gasteiger partial charge in [-0.05, 0) is 31.8 Å². The van der Waals surface area contributed by atoms with Crippen LogP contribution in [0.3, 0.4) is 0 Å². The lowest BCUT2D eigenvalue weighted by atomic mass is 9.92. The van der Waals surface area contributed by atoms with Crippen LogP contribution in [0.5, 0.6) is 0 Å². The Morgan fingerprint density at radius 1 is 0.966 bits per heavy atom. The number of rotatable bonds is 3. The minimum absolute atomic E-state index is 0.0713. The van der Waals surface area contributed by atoms with Crippen molar-refractivity contribution in [3.05, 3.63) is 63.0 Å². The standard InChI is InChI=1S/C17H14F4N4O3Si/c1-29(2,3)28-15(9-22)16(20)11(18)12(19)17(15,21)25-14(27)23(13(26)24(16)25)10-7-5-4-6-8-10/h4-8H,1-3H3/t15?,16-,17+. The molecule has 12 heteroatoms. The summed E-state index contributed by atoms with van der Waals surface area (Å²) in [5.74, 6) is -12.6. The molecule has 0 spiro atoms. The molecule has 0 saturated heterocycles. The van der Waals surface area contributed by atoms with E-state index in [1.54, 1.807) is 6.07 Å². The van der Waals surface area contributed by atoms with Gasteiger partial charge in [-0.25, -0.2) is 31.7 Å². The fourth-order valence-electron chi connectivity index (χ4n) is 3.85. The topological polar surface area (TPSA) is 81.9 Å². The summed E-state index contributed by atoms with van der Waals surface area (Å²) in [5.41, 5.74) is -6.49. The van der Waals surface area contributed by atoms with Crippen molar-refractivity contribution in [2.75, 3.05) is 0 Å². The number of nitriles is 1. The van der Waals surface area contributed by atoms with Crippen molar-refractivity contribution in [2.24, 2.45) is 0 Å². The molecule has 1 aliphatic carbocycles. The second kappa shape index (κ2) is 5.36. The summed E-state index contributed by atoms with van der Waals surface area (Å²) in [6, 6.07) is 8.26. The summed E-state index contributed by atoms with van der Waals surface area (Å²) >= 11 is 0. The fourth-order valence-corrected chi connectivity index (χ4v) is 5.08.